The van der Waals surface area contributed by atoms with E-state index < -0.39 is 0 Å². The highest BCUT2D eigenvalue weighted by molar-refractivity contribution is 5.03. The van der Waals surface area contributed by atoms with Crippen molar-refractivity contribution in [1.29, 1.82) is 0 Å². The van der Waals surface area contributed by atoms with Crippen LogP contribution in [0.3, 0.4) is 0 Å². The van der Waals surface area contributed by atoms with Crippen LogP contribution in [0.4, 0.5) is 0 Å². The van der Waals surface area contributed by atoms with Gasteiger partial charge in [0.2, 0.25) is 0 Å². The van der Waals surface area contributed by atoms with Crippen LogP contribution in [-0.4, -0.2) is 23.4 Å². The molecule has 0 aliphatic carbocycles. The fraction of sp³-hybridized carbons (Fsp3) is 1.00. The fourth-order valence-corrected chi connectivity index (χ4v) is 2.57. The summed E-state index contributed by atoms with van der Waals surface area (Å²) >= 11 is 0. The molecule has 0 saturated carbocycles. The molecule has 2 nitrogen and oxygen atoms in total. The molecular formula is C9H16O2. The second-order valence-corrected chi connectivity index (χ2v) is 4.07. The molecule has 64 valence electrons. The molecule has 0 aromatic heterocycles. The number of hydrogen-bond acceptors (Lipinski definition) is 2. The number of aliphatic hydroxyl groups is 1. The quantitative estimate of drug-likeness (QED) is 0.617. The number of ether oxygens (including phenoxy) is 1. The van der Waals surface area contributed by atoms with E-state index in [0.717, 1.165) is 12.8 Å². The van der Waals surface area contributed by atoms with Crippen molar-refractivity contribution in [3.05, 3.63) is 0 Å². The highest BCUT2D eigenvalue weighted by Gasteiger charge is 2.55. The van der Waals surface area contributed by atoms with Crippen molar-refractivity contribution in [2.24, 2.45) is 11.8 Å². The first-order valence-corrected chi connectivity index (χ1v) is 4.48. The molecule has 11 heavy (non-hydrogen) atoms. The first kappa shape index (κ1) is 7.56. The van der Waals surface area contributed by atoms with Crippen molar-refractivity contribution >= 4 is 0 Å². The molecule has 4 atom stereocenters. The van der Waals surface area contributed by atoms with E-state index in [-0.39, 0.29) is 12.2 Å². The number of aliphatic hydroxyl groups excluding tert-OH is 1. The van der Waals surface area contributed by atoms with Gasteiger partial charge in [-0.3, -0.25) is 0 Å². The summed E-state index contributed by atoms with van der Waals surface area (Å²) in [7, 11) is 0. The molecule has 1 N–H and O–H groups in total. The summed E-state index contributed by atoms with van der Waals surface area (Å²) in [4.78, 5) is 0. The Hall–Kier alpha value is -0.0800. The Morgan fingerprint density at radius 2 is 2.27 bits per heavy atom. The van der Waals surface area contributed by atoms with Crippen LogP contribution in [0.2, 0.25) is 0 Å². The van der Waals surface area contributed by atoms with Gasteiger partial charge in [-0.05, 0) is 24.7 Å². The van der Waals surface area contributed by atoms with E-state index in [4.69, 9.17) is 4.74 Å². The van der Waals surface area contributed by atoms with Gasteiger partial charge in [-0.1, -0.05) is 13.8 Å². The standard InChI is InChI=1S/C9H16O2/c1-6-7(2)9(5-10)4-3-8(6)11-9/h6-8,10H,3-5H2,1-2H3. The van der Waals surface area contributed by atoms with Gasteiger partial charge in [-0.2, -0.15) is 0 Å². The second-order valence-electron chi connectivity index (χ2n) is 4.07. The van der Waals surface area contributed by atoms with Crippen LogP contribution in [0.15, 0.2) is 0 Å². The predicted octanol–water partition coefficient (Wildman–Crippen LogP) is 1.18. The summed E-state index contributed by atoms with van der Waals surface area (Å²) in [6.07, 6.45) is 2.63. The molecule has 0 aromatic carbocycles. The fourth-order valence-electron chi connectivity index (χ4n) is 2.57. The lowest BCUT2D eigenvalue weighted by atomic mass is 9.74. The molecular weight excluding hydrogens is 140 g/mol. The van der Waals surface area contributed by atoms with Gasteiger partial charge in [-0.25, -0.2) is 0 Å². The minimum atomic E-state index is -0.163. The minimum Gasteiger partial charge on any atom is -0.393 e. The van der Waals surface area contributed by atoms with Crippen molar-refractivity contribution in [3.63, 3.8) is 0 Å². The Balaban J connectivity index is 2.23. The molecule has 2 fully saturated rings. The first-order chi connectivity index (χ1) is 5.19. The van der Waals surface area contributed by atoms with Gasteiger partial charge in [0, 0.05) is 0 Å². The summed E-state index contributed by atoms with van der Waals surface area (Å²) in [5.74, 6) is 1.17. The molecule has 2 aliphatic heterocycles. The summed E-state index contributed by atoms with van der Waals surface area (Å²) in [6.45, 7) is 4.63. The zero-order chi connectivity index (χ0) is 8.06. The molecule has 2 saturated heterocycles. The maximum atomic E-state index is 9.21. The zero-order valence-corrected chi connectivity index (χ0v) is 7.21. The summed E-state index contributed by atoms with van der Waals surface area (Å²) < 4.78 is 5.78. The highest BCUT2D eigenvalue weighted by Crippen LogP contribution is 2.50. The molecule has 2 heterocycles. The number of hydrogen-bond donors (Lipinski definition) is 1. The van der Waals surface area contributed by atoms with E-state index in [9.17, 15) is 5.11 Å². The van der Waals surface area contributed by atoms with Crippen molar-refractivity contribution in [2.75, 3.05) is 6.61 Å². The third-order valence-electron chi connectivity index (χ3n) is 3.71. The van der Waals surface area contributed by atoms with Crippen LogP contribution in [0.25, 0.3) is 0 Å². The Kier molecular flexibility index (Phi) is 1.52. The lowest BCUT2D eigenvalue weighted by molar-refractivity contribution is -0.0455. The normalized spacial score (nSPS) is 55.4. The molecule has 0 radical (unpaired) electrons. The van der Waals surface area contributed by atoms with Crippen molar-refractivity contribution < 1.29 is 9.84 Å². The van der Waals surface area contributed by atoms with Crippen molar-refractivity contribution in [3.8, 4) is 0 Å². The lowest BCUT2D eigenvalue weighted by Crippen LogP contribution is -2.38. The van der Waals surface area contributed by atoms with Crippen LogP contribution in [0.5, 0.6) is 0 Å². The van der Waals surface area contributed by atoms with Gasteiger partial charge in [-0.15, -0.1) is 0 Å². The van der Waals surface area contributed by atoms with Gasteiger partial charge in [0.1, 0.15) is 0 Å². The monoisotopic (exact) mass is 156 g/mol. The average Bonchev–Trinajstić information content (AvgIpc) is 2.53. The van der Waals surface area contributed by atoms with Gasteiger partial charge >= 0.3 is 0 Å². The summed E-state index contributed by atoms with van der Waals surface area (Å²) in [5.41, 5.74) is -0.163. The summed E-state index contributed by atoms with van der Waals surface area (Å²) in [5, 5.41) is 9.21. The molecule has 2 rings (SSSR count). The minimum absolute atomic E-state index is 0.163. The first-order valence-electron chi connectivity index (χ1n) is 4.48. The van der Waals surface area contributed by atoms with Crippen LogP contribution < -0.4 is 0 Å². The van der Waals surface area contributed by atoms with E-state index in [0.29, 0.717) is 17.9 Å². The van der Waals surface area contributed by atoms with Gasteiger partial charge < -0.3 is 9.84 Å². The van der Waals surface area contributed by atoms with E-state index in [1.54, 1.807) is 0 Å². The second kappa shape index (κ2) is 2.20. The molecule has 0 amide bonds. The highest BCUT2D eigenvalue weighted by atomic mass is 16.5. The molecule has 0 aromatic rings. The Morgan fingerprint density at radius 1 is 1.55 bits per heavy atom. The predicted molar refractivity (Wildman–Crippen MR) is 42.3 cm³/mol. The van der Waals surface area contributed by atoms with Crippen molar-refractivity contribution in [1.82, 2.24) is 0 Å². The van der Waals surface area contributed by atoms with Gasteiger partial charge in [0.15, 0.2) is 0 Å². The topological polar surface area (TPSA) is 29.5 Å². The average molecular weight is 156 g/mol. The lowest BCUT2D eigenvalue weighted by Gasteiger charge is -2.30. The molecule has 2 heteroatoms. The van der Waals surface area contributed by atoms with Crippen LogP contribution in [0.1, 0.15) is 26.7 Å². The SMILES string of the molecule is CC1C2CCC(CO)(O2)C1C. The van der Waals surface area contributed by atoms with Crippen molar-refractivity contribution in [2.45, 2.75) is 38.4 Å². The maximum absolute atomic E-state index is 9.21. The van der Waals surface area contributed by atoms with Crippen LogP contribution >= 0.6 is 0 Å². The van der Waals surface area contributed by atoms with E-state index in [1.165, 1.54) is 0 Å². The van der Waals surface area contributed by atoms with E-state index >= 15 is 0 Å². The Morgan fingerprint density at radius 3 is 2.64 bits per heavy atom. The summed E-state index contributed by atoms with van der Waals surface area (Å²) in [6, 6.07) is 0. The third-order valence-corrected chi connectivity index (χ3v) is 3.71. The number of fused-ring (bicyclic) bond motifs is 2. The van der Waals surface area contributed by atoms with E-state index in [1.807, 2.05) is 0 Å². The Labute approximate surface area is 67.6 Å². The molecule has 4 unspecified atom stereocenters. The van der Waals surface area contributed by atoms with Crippen LogP contribution in [0, 0.1) is 11.8 Å². The largest absolute Gasteiger partial charge is 0.393 e. The van der Waals surface area contributed by atoms with E-state index in [2.05, 4.69) is 13.8 Å². The van der Waals surface area contributed by atoms with Crippen LogP contribution in [-0.2, 0) is 4.74 Å². The molecule has 2 bridgehead atoms. The molecule has 0 spiro atoms. The smallest absolute Gasteiger partial charge is 0.0945 e. The number of rotatable bonds is 1. The Bertz CT molecular complexity index is 169. The van der Waals surface area contributed by atoms with Gasteiger partial charge in [0.25, 0.3) is 0 Å². The molecule has 2 aliphatic rings. The van der Waals surface area contributed by atoms with Gasteiger partial charge in [0.05, 0.1) is 18.3 Å². The third kappa shape index (κ3) is 0.798. The zero-order valence-electron chi connectivity index (χ0n) is 7.21. The maximum Gasteiger partial charge on any atom is 0.0945 e.